The molecule has 0 N–H and O–H groups in total. The maximum atomic E-state index is 11.7. The third kappa shape index (κ3) is 1.56. The zero-order chi connectivity index (χ0) is 11.0. The molecule has 4 heteroatoms. The molecule has 0 aromatic carbocycles. The first kappa shape index (κ1) is 9.39. The molecule has 1 saturated carbocycles. The minimum Gasteiger partial charge on any atom is -0.474 e. The Morgan fingerprint density at radius 1 is 1.38 bits per heavy atom. The zero-order valence-electron chi connectivity index (χ0n) is 8.80. The molecule has 1 aliphatic rings. The largest absolute Gasteiger partial charge is 0.474 e. The monoisotopic (exact) mass is 216 g/mol. The number of pyridine rings is 1. The lowest BCUT2D eigenvalue weighted by Gasteiger charge is -2.25. The Kier molecular flexibility index (Phi) is 2.13. The standard InChI is InChI=1S/C12H12N2O2/c15-12-8-11(16-9-4-3-5-9)13-10-6-1-2-7-14(10)12/h1-2,6-9H,3-5H2. The van der Waals surface area contributed by atoms with Crippen LogP contribution in [0.15, 0.2) is 35.3 Å². The first-order valence-corrected chi connectivity index (χ1v) is 5.48. The fourth-order valence-corrected chi connectivity index (χ4v) is 1.75. The molecule has 0 aliphatic heterocycles. The molecule has 1 aliphatic carbocycles. The van der Waals surface area contributed by atoms with E-state index < -0.39 is 0 Å². The Labute approximate surface area is 92.5 Å². The summed E-state index contributed by atoms with van der Waals surface area (Å²) in [5.41, 5.74) is 0.532. The lowest BCUT2D eigenvalue weighted by molar-refractivity contribution is 0.114. The highest BCUT2D eigenvalue weighted by Crippen LogP contribution is 2.23. The predicted octanol–water partition coefficient (Wildman–Crippen LogP) is 1.63. The Morgan fingerprint density at radius 2 is 2.25 bits per heavy atom. The molecule has 1 fully saturated rings. The summed E-state index contributed by atoms with van der Waals surface area (Å²) in [6.45, 7) is 0. The van der Waals surface area contributed by atoms with Crippen LogP contribution >= 0.6 is 0 Å². The summed E-state index contributed by atoms with van der Waals surface area (Å²) >= 11 is 0. The molecule has 0 spiro atoms. The summed E-state index contributed by atoms with van der Waals surface area (Å²) in [7, 11) is 0. The van der Waals surface area contributed by atoms with Gasteiger partial charge < -0.3 is 4.74 Å². The number of rotatable bonds is 2. The van der Waals surface area contributed by atoms with E-state index in [4.69, 9.17) is 4.74 Å². The smallest absolute Gasteiger partial charge is 0.261 e. The molecule has 0 amide bonds. The van der Waals surface area contributed by atoms with Crippen molar-refractivity contribution in [2.45, 2.75) is 25.4 Å². The maximum Gasteiger partial charge on any atom is 0.261 e. The van der Waals surface area contributed by atoms with E-state index in [0.29, 0.717) is 11.5 Å². The van der Waals surface area contributed by atoms with Crippen LogP contribution in [0.3, 0.4) is 0 Å². The molecule has 0 atom stereocenters. The maximum absolute atomic E-state index is 11.7. The van der Waals surface area contributed by atoms with Gasteiger partial charge in [0, 0.05) is 6.20 Å². The summed E-state index contributed by atoms with van der Waals surface area (Å²) in [6, 6.07) is 6.91. The lowest BCUT2D eigenvalue weighted by atomic mass is 9.96. The van der Waals surface area contributed by atoms with Crippen molar-refractivity contribution in [3.05, 3.63) is 40.8 Å². The van der Waals surface area contributed by atoms with Gasteiger partial charge in [-0.15, -0.1) is 0 Å². The van der Waals surface area contributed by atoms with Gasteiger partial charge in [0.25, 0.3) is 5.56 Å². The van der Waals surface area contributed by atoms with Crippen LogP contribution in [-0.4, -0.2) is 15.5 Å². The molecule has 2 aromatic rings. The van der Waals surface area contributed by atoms with Crippen molar-refractivity contribution in [3.63, 3.8) is 0 Å². The van der Waals surface area contributed by atoms with E-state index in [-0.39, 0.29) is 11.7 Å². The number of ether oxygens (including phenoxy) is 1. The fourth-order valence-electron chi connectivity index (χ4n) is 1.75. The van der Waals surface area contributed by atoms with Crippen LogP contribution in [0, 0.1) is 0 Å². The molecular formula is C12H12N2O2. The van der Waals surface area contributed by atoms with Gasteiger partial charge in [0.15, 0.2) is 0 Å². The van der Waals surface area contributed by atoms with E-state index in [1.165, 1.54) is 16.9 Å². The Bertz CT molecular complexity index is 572. The van der Waals surface area contributed by atoms with E-state index in [0.717, 1.165) is 12.8 Å². The minimum atomic E-state index is -0.0973. The van der Waals surface area contributed by atoms with Crippen LogP contribution in [0.2, 0.25) is 0 Å². The van der Waals surface area contributed by atoms with Gasteiger partial charge in [-0.25, -0.2) is 0 Å². The molecule has 16 heavy (non-hydrogen) atoms. The average Bonchev–Trinajstić information content (AvgIpc) is 2.24. The number of aromatic nitrogens is 2. The molecule has 4 nitrogen and oxygen atoms in total. The highest BCUT2D eigenvalue weighted by atomic mass is 16.5. The Hall–Kier alpha value is -1.84. The topological polar surface area (TPSA) is 43.6 Å². The second kappa shape index (κ2) is 3.63. The van der Waals surface area contributed by atoms with E-state index in [1.807, 2.05) is 12.1 Å². The third-order valence-electron chi connectivity index (χ3n) is 2.89. The summed E-state index contributed by atoms with van der Waals surface area (Å²) in [6.07, 6.45) is 5.29. The first-order chi connectivity index (χ1) is 7.83. The van der Waals surface area contributed by atoms with Crippen molar-refractivity contribution in [3.8, 4) is 5.88 Å². The average molecular weight is 216 g/mol. The van der Waals surface area contributed by atoms with Gasteiger partial charge in [0.2, 0.25) is 5.88 Å². The van der Waals surface area contributed by atoms with Crippen molar-refractivity contribution >= 4 is 5.65 Å². The van der Waals surface area contributed by atoms with Crippen molar-refractivity contribution in [2.24, 2.45) is 0 Å². The van der Waals surface area contributed by atoms with Crippen molar-refractivity contribution < 1.29 is 4.74 Å². The second-order valence-electron chi connectivity index (χ2n) is 4.03. The number of fused-ring (bicyclic) bond motifs is 1. The predicted molar refractivity (Wildman–Crippen MR) is 59.7 cm³/mol. The fraction of sp³-hybridized carbons (Fsp3) is 0.333. The quantitative estimate of drug-likeness (QED) is 0.766. The van der Waals surface area contributed by atoms with Crippen molar-refractivity contribution in [2.75, 3.05) is 0 Å². The molecular weight excluding hydrogens is 204 g/mol. The van der Waals surface area contributed by atoms with Gasteiger partial charge in [-0.1, -0.05) is 6.07 Å². The second-order valence-corrected chi connectivity index (χ2v) is 4.03. The van der Waals surface area contributed by atoms with E-state index in [1.54, 1.807) is 12.3 Å². The van der Waals surface area contributed by atoms with Crippen molar-refractivity contribution in [1.29, 1.82) is 0 Å². The zero-order valence-corrected chi connectivity index (χ0v) is 8.80. The summed E-state index contributed by atoms with van der Waals surface area (Å²) in [5, 5.41) is 0. The van der Waals surface area contributed by atoms with Gasteiger partial charge in [0.1, 0.15) is 11.8 Å². The van der Waals surface area contributed by atoms with Gasteiger partial charge in [-0.2, -0.15) is 4.98 Å². The molecule has 0 saturated heterocycles. The van der Waals surface area contributed by atoms with Gasteiger partial charge in [0.05, 0.1) is 6.07 Å². The Balaban J connectivity index is 2.03. The van der Waals surface area contributed by atoms with Gasteiger partial charge in [-0.3, -0.25) is 9.20 Å². The van der Waals surface area contributed by atoms with Crippen LogP contribution in [-0.2, 0) is 0 Å². The van der Waals surface area contributed by atoms with E-state index >= 15 is 0 Å². The first-order valence-electron chi connectivity index (χ1n) is 5.48. The Morgan fingerprint density at radius 3 is 3.00 bits per heavy atom. The number of hydrogen-bond acceptors (Lipinski definition) is 3. The van der Waals surface area contributed by atoms with E-state index in [2.05, 4.69) is 4.98 Å². The number of nitrogens with zero attached hydrogens (tertiary/aromatic N) is 2. The molecule has 2 aromatic heterocycles. The molecule has 3 rings (SSSR count). The molecule has 0 radical (unpaired) electrons. The van der Waals surface area contributed by atoms with Crippen molar-refractivity contribution in [1.82, 2.24) is 9.38 Å². The third-order valence-corrected chi connectivity index (χ3v) is 2.89. The SMILES string of the molecule is O=c1cc(OC2CCC2)nc2ccccn12. The summed E-state index contributed by atoms with van der Waals surface area (Å²) in [5.74, 6) is 0.445. The summed E-state index contributed by atoms with van der Waals surface area (Å²) < 4.78 is 7.12. The van der Waals surface area contributed by atoms with Crippen LogP contribution < -0.4 is 10.3 Å². The molecule has 2 heterocycles. The van der Waals surface area contributed by atoms with Crippen LogP contribution in [0.5, 0.6) is 5.88 Å². The highest BCUT2D eigenvalue weighted by Gasteiger charge is 2.19. The number of hydrogen-bond donors (Lipinski definition) is 0. The minimum absolute atomic E-state index is 0.0973. The molecule has 82 valence electrons. The highest BCUT2D eigenvalue weighted by molar-refractivity contribution is 5.39. The lowest BCUT2D eigenvalue weighted by Crippen LogP contribution is -2.26. The van der Waals surface area contributed by atoms with Crippen LogP contribution in [0.1, 0.15) is 19.3 Å². The normalized spacial score (nSPS) is 16.0. The molecule has 0 unspecified atom stereocenters. The molecule has 0 bridgehead atoms. The van der Waals surface area contributed by atoms with E-state index in [9.17, 15) is 4.79 Å². The summed E-state index contributed by atoms with van der Waals surface area (Å²) in [4.78, 5) is 16.0. The van der Waals surface area contributed by atoms with Crippen LogP contribution in [0.4, 0.5) is 0 Å². The van der Waals surface area contributed by atoms with Gasteiger partial charge in [-0.05, 0) is 31.4 Å². The van der Waals surface area contributed by atoms with Gasteiger partial charge >= 0.3 is 0 Å². The van der Waals surface area contributed by atoms with Crippen LogP contribution in [0.25, 0.3) is 5.65 Å².